The van der Waals surface area contributed by atoms with Gasteiger partial charge in [0, 0.05) is 5.56 Å². The van der Waals surface area contributed by atoms with E-state index < -0.39 is 0 Å². The van der Waals surface area contributed by atoms with Crippen LogP contribution >= 0.6 is 0 Å². The highest BCUT2D eigenvalue weighted by Gasteiger charge is 2.16. The lowest BCUT2D eigenvalue weighted by Gasteiger charge is -2.16. The van der Waals surface area contributed by atoms with Crippen LogP contribution in [-0.4, -0.2) is 12.9 Å². The first-order chi connectivity index (χ1) is 9.79. The highest BCUT2D eigenvalue weighted by molar-refractivity contribution is 6.10. The van der Waals surface area contributed by atoms with Gasteiger partial charge in [0.25, 0.3) is 0 Å². The Bertz CT molecular complexity index is 644. The first kappa shape index (κ1) is 12.9. The number of benzene rings is 2. The lowest BCUT2D eigenvalue weighted by Crippen LogP contribution is -2.08. The molecule has 0 fully saturated rings. The zero-order valence-electron chi connectivity index (χ0n) is 11.7. The van der Waals surface area contributed by atoms with Crippen molar-refractivity contribution < 1.29 is 9.53 Å². The largest absolute Gasteiger partial charge is 0.496 e. The van der Waals surface area contributed by atoms with Crippen molar-refractivity contribution in [3.05, 3.63) is 64.7 Å². The van der Waals surface area contributed by atoms with Gasteiger partial charge in [0.2, 0.25) is 0 Å². The van der Waals surface area contributed by atoms with Crippen LogP contribution in [0.1, 0.15) is 39.9 Å². The summed E-state index contributed by atoms with van der Waals surface area (Å²) in [5.74, 6) is 0.672. The monoisotopic (exact) mass is 266 g/mol. The van der Waals surface area contributed by atoms with Crippen LogP contribution in [0.3, 0.4) is 0 Å². The molecule has 1 aliphatic carbocycles. The van der Waals surface area contributed by atoms with Crippen LogP contribution in [-0.2, 0) is 12.8 Å². The van der Waals surface area contributed by atoms with E-state index in [2.05, 4.69) is 12.1 Å². The van der Waals surface area contributed by atoms with Crippen molar-refractivity contribution in [2.24, 2.45) is 0 Å². The van der Waals surface area contributed by atoms with Crippen LogP contribution in [0, 0.1) is 0 Å². The summed E-state index contributed by atoms with van der Waals surface area (Å²) in [6.07, 6.45) is 4.70. The summed E-state index contributed by atoms with van der Waals surface area (Å²) in [4.78, 5) is 12.6. The van der Waals surface area contributed by atoms with E-state index in [-0.39, 0.29) is 5.78 Å². The number of carbonyl (C=O) groups is 1. The van der Waals surface area contributed by atoms with E-state index in [0.717, 1.165) is 18.4 Å². The molecular formula is C18H18O2. The number of ketones is 1. The summed E-state index contributed by atoms with van der Waals surface area (Å²) in [7, 11) is 1.60. The number of para-hydroxylation sites is 1. The van der Waals surface area contributed by atoms with Gasteiger partial charge in [-0.2, -0.15) is 0 Å². The SMILES string of the molecule is COc1ccccc1C(=O)c1ccc2c(c1)CCCC2. The van der Waals surface area contributed by atoms with E-state index in [9.17, 15) is 4.79 Å². The van der Waals surface area contributed by atoms with E-state index >= 15 is 0 Å². The maximum atomic E-state index is 12.6. The summed E-state index contributed by atoms with van der Waals surface area (Å²) in [5.41, 5.74) is 4.12. The number of methoxy groups -OCH3 is 1. The van der Waals surface area contributed by atoms with Crippen molar-refractivity contribution in [1.82, 2.24) is 0 Å². The lowest BCUT2D eigenvalue weighted by atomic mass is 9.89. The molecule has 0 spiro atoms. The minimum absolute atomic E-state index is 0.0378. The average Bonchev–Trinajstić information content (AvgIpc) is 2.53. The second-order valence-corrected chi connectivity index (χ2v) is 5.22. The number of hydrogen-bond donors (Lipinski definition) is 0. The predicted molar refractivity (Wildman–Crippen MR) is 79.5 cm³/mol. The lowest BCUT2D eigenvalue weighted by molar-refractivity contribution is 0.103. The van der Waals surface area contributed by atoms with Crippen LogP contribution in [0.2, 0.25) is 0 Å². The molecule has 2 aromatic carbocycles. The Balaban J connectivity index is 1.98. The van der Waals surface area contributed by atoms with E-state index in [1.165, 1.54) is 24.0 Å². The number of aryl methyl sites for hydroxylation is 2. The van der Waals surface area contributed by atoms with Crippen molar-refractivity contribution >= 4 is 5.78 Å². The molecule has 0 saturated heterocycles. The molecule has 0 aromatic heterocycles. The number of ether oxygens (including phenoxy) is 1. The molecule has 1 aliphatic rings. The Morgan fingerprint density at radius 2 is 1.75 bits per heavy atom. The predicted octanol–water partition coefficient (Wildman–Crippen LogP) is 3.81. The second-order valence-electron chi connectivity index (χ2n) is 5.22. The molecule has 2 heteroatoms. The molecule has 2 nitrogen and oxygen atoms in total. The molecule has 2 aromatic rings. The van der Waals surface area contributed by atoms with Gasteiger partial charge in [-0.25, -0.2) is 0 Å². The normalized spacial score (nSPS) is 13.7. The fourth-order valence-electron chi connectivity index (χ4n) is 2.86. The minimum Gasteiger partial charge on any atom is -0.496 e. The van der Waals surface area contributed by atoms with Gasteiger partial charge >= 0.3 is 0 Å². The molecule has 0 radical (unpaired) electrons. The maximum Gasteiger partial charge on any atom is 0.196 e. The van der Waals surface area contributed by atoms with Crippen LogP contribution in [0.15, 0.2) is 42.5 Å². The Kier molecular flexibility index (Phi) is 3.55. The summed E-state index contributed by atoms with van der Waals surface area (Å²) in [6.45, 7) is 0. The number of carbonyl (C=O) groups excluding carboxylic acids is 1. The Labute approximate surface area is 119 Å². The van der Waals surface area contributed by atoms with E-state index in [1.807, 2.05) is 30.3 Å². The Morgan fingerprint density at radius 1 is 1.00 bits per heavy atom. The zero-order valence-corrected chi connectivity index (χ0v) is 11.7. The van der Waals surface area contributed by atoms with Crippen LogP contribution in [0.25, 0.3) is 0 Å². The minimum atomic E-state index is 0.0378. The van der Waals surface area contributed by atoms with Gasteiger partial charge in [-0.1, -0.05) is 24.3 Å². The fourth-order valence-corrected chi connectivity index (χ4v) is 2.86. The van der Waals surface area contributed by atoms with Gasteiger partial charge in [0.15, 0.2) is 5.78 Å². The molecule has 0 unspecified atom stereocenters. The molecule has 20 heavy (non-hydrogen) atoms. The van der Waals surface area contributed by atoms with Crippen LogP contribution in [0.5, 0.6) is 5.75 Å². The van der Waals surface area contributed by atoms with Crippen molar-refractivity contribution in [3.63, 3.8) is 0 Å². The third-order valence-corrected chi connectivity index (χ3v) is 3.96. The van der Waals surface area contributed by atoms with Crippen molar-refractivity contribution in [3.8, 4) is 5.75 Å². The topological polar surface area (TPSA) is 26.3 Å². The van der Waals surface area contributed by atoms with Crippen LogP contribution < -0.4 is 4.74 Å². The third kappa shape index (κ3) is 2.34. The smallest absolute Gasteiger partial charge is 0.196 e. The zero-order chi connectivity index (χ0) is 13.9. The summed E-state index contributed by atoms with van der Waals surface area (Å²) < 4.78 is 5.28. The first-order valence-electron chi connectivity index (χ1n) is 7.09. The quantitative estimate of drug-likeness (QED) is 0.790. The summed E-state index contributed by atoms with van der Waals surface area (Å²) >= 11 is 0. The van der Waals surface area contributed by atoms with Crippen LogP contribution in [0.4, 0.5) is 0 Å². The number of fused-ring (bicyclic) bond motifs is 1. The van der Waals surface area contributed by atoms with Gasteiger partial charge in [-0.3, -0.25) is 4.79 Å². The van der Waals surface area contributed by atoms with E-state index in [0.29, 0.717) is 11.3 Å². The van der Waals surface area contributed by atoms with Gasteiger partial charge in [0.05, 0.1) is 12.7 Å². The highest BCUT2D eigenvalue weighted by atomic mass is 16.5. The third-order valence-electron chi connectivity index (χ3n) is 3.96. The molecule has 3 rings (SSSR count). The number of hydrogen-bond acceptors (Lipinski definition) is 2. The van der Waals surface area contributed by atoms with Gasteiger partial charge in [0.1, 0.15) is 5.75 Å². The first-order valence-corrected chi connectivity index (χ1v) is 7.09. The molecule has 0 bridgehead atoms. The van der Waals surface area contributed by atoms with E-state index in [1.54, 1.807) is 7.11 Å². The van der Waals surface area contributed by atoms with Crippen molar-refractivity contribution in [2.75, 3.05) is 7.11 Å². The standard InChI is InChI=1S/C18H18O2/c1-20-17-9-5-4-8-16(17)18(19)15-11-10-13-6-2-3-7-14(13)12-15/h4-5,8-12H,2-3,6-7H2,1H3. The Hall–Kier alpha value is -2.09. The number of rotatable bonds is 3. The second kappa shape index (κ2) is 5.49. The fraction of sp³-hybridized carbons (Fsp3) is 0.278. The highest BCUT2D eigenvalue weighted by Crippen LogP contribution is 2.25. The maximum absolute atomic E-state index is 12.6. The van der Waals surface area contributed by atoms with Gasteiger partial charge in [-0.15, -0.1) is 0 Å². The van der Waals surface area contributed by atoms with Gasteiger partial charge < -0.3 is 4.74 Å². The summed E-state index contributed by atoms with van der Waals surface area (Å²) in [5, 5.41) is 0. The van der Waals surface area contributed by atoms with Gasteiger partial charge in [-0.05, 0) is 55.0 Å². The molecule has 0 amide bonds. The van der Waals surface area contributed by atoms with E-state index in [4.69, 9.17) is 4.74 Å². The molecule has 0 N–H and O–H groups in total. The molecule has 102 valence electrons. The molecule has 0 atom stereocenters. The summed E-state index contributed by atoms with van der Waals surface area (Å²) in [6, 6.07) is 13.5. The molecule has 0 heterocycles. The molecule has 0 saturated carbocycles. The molecular weight excluding hydrogens is 248 g/mol. The van der Waals surface area contributed by atoms with Crippen molar-refractivity contribution in [1.29, 1.82) is 0 Å². The Morgan fingerprint density at radius 3 is 2.55 bits per heavy atom. The average molecular weight is 266 g/mol. The van der Waals surface area contributed by atoms with Crippen molar-refractivity contribution in [2.45, 2.75) is 25.7 Å². The molecule has 0 aliphatic heterocycles.